The van der Waals surface area contributed by atoms with Crippen LogP contribution in [-0.4, -0.2) is 33.2 Å². The van der Waals surface area contributed by atoms with Crippen LogP contribution in [-0.2, 0) is 11.8 Å². The average Bonchev–Trinajstić information content (AvgIpc) is 2.94. The first-order chi connectivity index (χ1) is 10.0. The third-order valence-electron chi connectivity index (χ3n) is 3.77. The molecule has 0 radical (unpaired) electrons. The van der Waals surface area contributed by atoms with E-state index in [4.69, 9.17) is 11.6 Å². The summed E-state index contributed by atoms with van der Waals surface area (Å²) in [4.78, 5) is 0. The molecule has 0 bridgehead atoms. The summed E-state index contributed by atoms with van der Waals surface area (Å²) in [6, 6.07) is 9.43. The van der Waals surface area contributed by atoms with Gasteiger partial charge in [0.1, 0.15) is 0 Å². The number of halogens is 1. The number of aliphatic hydroxyl groups excluding tert-OH is 2. The molecular weight excluding hydrogens is 288 g/mol. The highest BCUT2D eigenvalue weighted by Gasteiger charge is 2.32. The Labute approximate surface area is 130 Å². The zero-order chi connectivity index (χ0) is 15.5. The van der Waals surface area contributed by atoms with E-state index in [0.717, 1.165) is 11.3 Å². The van der Waals surface area contributed by atoms with Crippen LogP contribution in [0.2, 0.25) is 5.02 Å². The number of rotatable bonds is 6. The Morgan fingerprint density at radius 3 is 2.24 bits per heavy atom. The Kier molecular flexibility index (Phi) is 5.04. The highest BCUT2D eigenvalue weighted by Crippen LogP contribution is 2.28. The van der Waals surface area contributed by atoms with Crippen LogP contribution in [0.4, 0.5) is 0 Å². The van der Waals surface area contributed by atoms with Gasteiger partial charge in [-0.05, 0) is 37.6 Å². The van der Waals surface area contributed by atoms with Crippen LogP contribution in [0.25, 0.3) is 0 Å². The van der Waals surface area contributed by atoms with Crippen LogP contribution in [0.5, 0.6) is 0 Å². The predicted octanol–water partition coefficient (Wildman–Crippen LogP) is 2.58. The molecule has 1 heterocycles. The minimum atomic E-state index is -0.749. The lowest BCUT2D eigenvalue weighted by Crippen LogP contribution is -2.37. The molecule has 5 heteroatoms. The third-order valence-corrected chi connectivity index (χ3v) is 4.03. The Morgan fingerprint density at radius 2 is 1.76 bits per heavy atom. The first-order valence-electron chi connectivity index (χ1n) is 7.02. The average molecular weight is 309 g/mol. The topological polar surface area (TPSA) is 58.3 Å². The third kappa shape index (κ3) is 3.46. The van der Waals surface area contributed by atoms with Crippen molar-refractivity contribution in [2.24, 2.45) is 0 Å². The fourth-order valence-corrected chi connectivity index (χ4v) is 2.48. The van der Waals surface area contributed by atoms with E-state index in [-0.39, 0.29) is 19.3 Å². The Morgan fingerprint density at radius 1 is 1.14 bits per heavy atom. The maximum Gasteiger partial charge on any atom is 0.0635 e. The minimum Gasteiger partial charge on any atom is -0.395 e. The molecule has 0 aliphatic heterocycles. The van der Waals surface area contributed by atoms with Crippen LogP contribution in [0, 0.1) is 0 Å². The van der Waals surface area contributed by atoms with Crippen molar-refractivity contribution < 1.29 is 10.2 Å². The number of nitrogens with zero attached hydrogens (tertiary/aromatic N) is 2. The van der Waals surface area contributed by atoms with Gasteiger partial charge in [-0.15, -0.1) is 0 Å². The molecule has 0 aliphatic carbocycles. The molecule has 0 amide bonds. The lowest BCUT2D eigenvalue weighted by Gasteiger charge is -2.29. The molecular formula is C16H21ClN2O2. The van der Waals surface area contributed by atoms with Gasteiger partial charge in [-0.2, -0.15) is 5.10 Å². The van der Waals surface area contributed by atoms with Crippen LogP contribution in [0.15, 0.2) is 36.5 Å². The molecule has 0 atom stereocenters. The van der Waals surface area contributed by atoms with Crippen molar-refractivity contribution in [2.75, 3.05) is 13.2 Å². The predicted molar refractivity (Wildman–Crippen MR) is 83.6 cm³/mol. The summed E-state index contributed by atoms with van der Waals surface area (Å²) >= 11 is 5.91. The molecule has 0 fully saturated rings. The fraction of sp³-hybridized carbons (Fsp3) is 0.438. The van der Waals surface area contributed by atoms with Gasteiger partial charge >= 0.3 is 0 Å². The summed E-state index contributed by atoms with van der Waals surface area (Å²) in [7, 11) is 0. The largest absolute Gasteiger partial charge is 0.395 e. The van der Waals surface area contributed by atoms with Gasteiger partial charge in [0.2, 0.25) is 0 Å². The maximum atomic E-state index is 9.85. The molecule has 1 aromatic carbocycles. The number of hydrogen-bond donors (Lipinski definition) is 2. The van der Waals surface area contributed by atoms with Gasteiger partial charge in [0.15, 0.2) is 0 Å². The van der Waals surface area contributed by atoms with Crippen molar-refractivity contribution in [3.05, 3.63) is 52.8 Å². The van der Waals surface area contributed by atoms with Crippen LogP contribution < -0.4 is 0 Å². The van der Waals surface area contributed by atoms with E-state index in [0.29, 0.717) is 11.4 Å². The van der Waals surface area contributed by atoms with Crippen molar-refractivity contribution in [2.45, 2.75) is 31.7 Å². The second kappa shape index (κ2) is 6.60. The summed E-state index contributed by atoms with van der Waals surface area (Å²) in [5, 5.41) is 24.8. The summed E-state index contributed by atoms with van der Waals surface area (Å²) < 4.78 is 1.87. The first kappa shape index (κ1) is 16.0. The molecule has 21 heavy (non-hydrogen) atoms. The highest BCUT2D eigenvalue weighted by molar-refractivity contribution is 6.30. The van der Waals surface area contributed by atoms with E-state index in [9.17, 15) is 10.2 Å². The van der Waals surface area contributed by atoms with E-state index < -0.39 is 5.41 Å². The Hall–Kier alpha value is -1.36. The molecule has 1 aromatic heterocycles. The highest BCUT2D eigenvalue weighted by atomic mass is 35.5. The van der Waals surface area contributed by atoms with Gasteiger partial charge in [0.25, 0.3) is 0 Å². The molecule has 0 saturated carbocycles. The van der Waals surface area contributed by atoms with Crippen molar-refractivity contribution in [3.8, 4) is 0 Å². The lowest BCUT2D eigenvalue weighted by atomic mass is 9.78. The standard InChI is InChI=1S/C16H21ClN2O2/c1-12(2)19-8-7-15(18-19)9-16(10-20,11-21)13-3-5-14(17)6-4-13/h3-8,12,20-21H,9-11H2,1-2H3. The normalized spacial score (nSPS) is 12.1. The van der Waals surface area contributed by atoms with Crippen molar-refractivity contribution in [3.63, 3.8) is 0 Å². The summed E-state index contributed by atoms with van der Waals surface area (Å²) in [6.45, 7) is 3.81. The van der Waals surface area contributed by atoms with Gasteiger partial charge in [-0.3, -0.25) is 4.68 Å². The van der Waals surface area contributed by atoms with Crippen molar-refractivity contribution in [1.82, 2.24) is 9.78 Å². The number of aromatic nitrogens is 2. The lowest BCUT2D eigenvalue weighted by molar-refractivity contribution is 0.115. The molecule has 2 aromatic rings. The number of benzene rings is 1. The molecule has 4 nitrogen and oxygen atoms in total. The molecule has 114 valence electrons. The van der Waals surface area contributed by atoms with Gasteiger partial charge in [0, 0.05) is 29.1 Å². The van der Waals surface area contributed by atoms with Gasteiger partial charge < -0.3 is 10.2 Å². The van der Waals surface area contributed by atoms with E-state index in [1.54, 1.807) is 12.1 Å². The van der Waals surface area contributed by atoms with E-state index in [1.165, 1.54) is 0 Å². The summed E-state index contributed by atoms with van der Waals surface area (Å²) in [6.07, 6.45) is 2.39. The van der Waals surface area contributed by atoms with Crippen LogP contribution >= 0.6 is 11.6 Å². The molecule has 0 spiro atoms. The van der Waals surface area contributed by atoms with Crippen molar-refractivity contribution >= 4 is 11.6 Å². The molecule has 0 aliphatic rings. The monoisotopic (exact) mass is 308 g/mol. The SMILES string of the molecule is CC(C)n1ccc(CC(CO)(CO)c2ccc(Cl)cc2)n1. The first-order valence-corrected chi connectivity index (χ1v) is 7.40. The maximum absolute atomic E-state index is 9.85. The Balaban J connectivity index is 2.30. The number of hydrogen-bond acceptors (Lipinski definition) is 3. The fourth-order valence-electron chi connectivity index (χ4n) is 2.36. The van der Waals surface area contributed by atoms with Gasteiger partial charge in [0.05, 0.1) is 18.9 Å². The van der Waals surface area contributed by atoms with Gasteiger partial charge in [-0.1, -0.05) is 23.7 Å². The molecule has 0 unspecified atom stereocenters. The van der Waals surface area contributed by atoms with E-state index in [2.05, 4.69) is 18.9 Å². The number of aliphatic hydroxyl groups is 2. The Bertz CT molecular complexity index is 574. The zero-order valence-corrected chi connectivity index (χ0v) is 13.1. The second-order valence-electron chi connectivity index (χ2n) is 5.66. The van der Waals surface area contributed by atoms with Gasteiger partial charge in [-0.25, -0.2) is 0 Å². The van der Waals surface area contributed by atoms with Crippen LogP contribution in [0.1, 0.15) is 31.1 Å². The van der Waals surface area contributed by atoms with E-state index in [1.807, 2.05) is 29.1 Å². The molecule has 2 rings (SSSR count). The minimum absolute atomic E-state index is 0.153. The quantitative estimate of drug-likeness (QED) is 0.862. The molecule has 2 N–H and O–H groups in total. The second-order valence-corrected chi connectivity index (χ2v) is 6.10. The zero-order valence-electron chi connectivity index (χ0n) is 12.3. The summed E-state index contributed by atoms with van der Waals surface area (Å²) in [5.74, 6) is 0. The summed E-state index contributed by atoms with van der Waals surface area (Å²) in [5.41, 5.74) is 0.957. The van der Waals surface area contributed by atoms with E-state index >= 15 is 0 Å². The van der Waals surface area contributed by atoms with Crippen molar-refractivity contribution in [1.29, 1.82) is 0 Å². The smallest absolute Gasteiger partial charge is 0.0635 e. The molecule has 0 saturated heterocycles. The van der Waals surface area contributed by atoms with Crippen LogP contribution in [0.3, 0.4) is 0 Å².